The minimum Gasteiger partial charge on any atom is -0.207 e. The number of halogens is 4. The number of nitrogens with zero attached hydrogens (tertiary/aromatic N) is 1. The van der Waals surface area contributed by atoms with Crippen LogP contribution in [0.4, 0.5) is 13.2 Å². The van der Waals surface area contributed by atoms with Crippen molar-refractivity contribution in [3.63, 3.8) is 0 Å². The number of benzene rings is 1. The summed E-state index contributed by atoms with van der Waals surface area (Å²) in [6.45, 7) is 1.72. The Morgan fingerprint density at radius 2 is 2.05 bits per heavy atom. The number of sulfonamides is 1. The zero-order valence-corrected chi connectivity index (χ0v) is 12.9. The van der Waals surface area contributed by atoms with Crippen LogP contribution < -0.4 is 0 Å². The highest BCUT2D eigenvalue weighted by atomic mass is 35.5. The van der Waals surface area contributed by atoms with E-state index in [0.29, 0.717) is 12.3 Å². The van der Waals surface area contributed by atoms with Crippen molar-refractivity contribution in [2.75, 3.05) is 19.0 Å². The van der Waals surface area contributed by atoms with Crippen molar-refractivity contribution in [2.45, 2.75) is 24.4 Å². The van der Waals surface area contributed by atoms with Gasteiger partial charge in [0.2, 0.25) is 10.0 Å². The molecule has 1 unspecified atom stereocenters. The van der Waals surface area contributed by atoms with Crippen LogP contribution in [0.3, 0.4) is 0 Å². The molecule has 0 aromatic heterocycles. The van der Waals surface area contributed by atoms with E-state index in [9.17, 15) is 21.6 Å². The van der Waals surface area contributed by atoms with Gasteiger partial charge in [-0.05, 0) is 37.0 Å². The largest absolute Gasteiger partial charge is 0.416 e. The summed E-state index contributed by atoms with van der Waals surface area (Å²) in [4.78, 5) is -0.285. The molecular weight excluding hydrogens is 327 g/mol. The summed E-state index contributed by atoms with van der Waals surface area (Å²) in [5.41, 5.74) is -1.18. The summed E-state index contributed by atoms with van der Waals surface area (Å²) in [5.74, 6) is 0.390. The average Bonchev–Trinajstić information content (AvgIpc) is 2.86. The molecule has 0 radical (unpaired) electrons. The van der Waals surface area contributed by atoms with E-state index in [4.69, 9.17) is 11.6 Å². The predicted molar refractivity (Wildman–Crippen MR) is 73.8 cm³/mol. The van der Waals surface area contributed by atoms with Crippen molar-refractivity contribution in [1.29, 1.82) is 0 Å². The molecule has 0 amide bonds. The van der Waals surface area contributed by atoms with Gasteiger partial charge in [0.1, 0.15) is 0 Å². The van der Waals surface area contributed by atoms with Gasteiger partial charge in [-0.25, -0.2) is 8.42 Å². The second-order valence-corrected chi connectivity index (χ2v) is 7.31. The third-order valence-electron chi connectivity index (χ3n) is 3.67. The Kier molecular flexibility index (Phi) is 4.56. The summed E-state index contributed by atoms with van der Waals surface area (Å²) in [7, 11) is -3.92. The van der Waals surface area contributed by atoms with Crippen LogP contribution in [0.2, 0.25) is 0 Å². The van der Waals surface area contributed by atoms with Crippen LogP contribution >= 0.6 is 11.6 Å². The van der Waals surface area contributed by atoms with Crippen molar-refractivity contribution in [1.82, 2.24) is 4.31 Å². The Bertz CT molecular complexity index is 631. The lowest BCUT2D eigenvalue weighted by Crippen LogP contribution is -2.30. The molecule has 1 saturated heterocycles. The zero-order valence-electron chi connectivity index (χ0n) is 11.3. The third kappa shape index (κ3) is 3.19. The van der Waals surface area contributed by atoms with Gasteiger partial charge >= 0.3 is 6.18 Å². The molecule has 0 bridgehead atoms. The minimum absolute atomic E-state index is 0.0487. The predicted octanol–water partition coefficient (Wildman–Crippen LogP) is 3.26. The van der Waals surface area contributed by atoms with Crippen LogP contribution in [0.1, 0.15) is 17.5 Å². The summed E-state index contributed by atoms with van der Waals surface area (Å²) in [5, 5.41) is 0. The Labute approximate surface area is 126 Å². The normalized spacial score (nSPS) is 20.9. The molecule has 0 N–H and O–H groups in total. The first-order valence-electron chi connectivity index (χ1n) is 6.41. The van der Waals surface area contributed by atoms with E-state index in [1.165, 1.54) is 17.3 Å². The first-order valence-corrected chi connectivity index (χ1v) is 8.38. The van der Waals surface area contributed by atoms with Gasteiger partial charge in [0.05, 0.1) is 10.5 Å². The van der Waals surface area contributed by atoms with Crippen LogP contribution in [0.15, 0.2) is 23.1 Å². The van der Waals surface area contributed by atoms with Crippen LogP contribution in [0.5, 0.6) is 0 Å². The first kappa shape index (κ1) is 16.6. The monoisotopic (exact) mass is 341 g/mol. The molecular formula is C13H15ClF3NO2S. The molecule has 1 heterocycles. The number of hydrogen-bond acceptors (Lipinski definition) is 2. The van der Waals surface area contributed by atoms with Gasteiger partial charge in [0, 0.05) is 19.0 Å². The van der Waals surface area contributed by atoms with Crippen molar-refractivity contribution >= 4 is 21.6 Å². The molecule has 8 heteroatoms. The molecule has 1 aromatic rings. The average molecular weight is 342 g/mol. The summed E-state index contributed by atoms with van der Waals surface area (Å²) in [6.07, 6.45) is -3.94. The van der Waals surface area contributed by atoms with E-state index < -0.39 is 21.8 Å². The van der Waals surface area contributed by atoms with E-state index in [-0.39, 0.29) is 29.5 Å². The molecule has 0 aliphatic carbocycles. The summed E-state index contributed by atoms with van der Waals surface area (Å²) in [6, 6.07) is 3.23. The second kappa shape index (κ2) is 5.78. The van der Waals surface area contributed by atoms with E-state index in [2.05, 4.69) is 0 Å². The molecule has 21 heavy (non-hydrogen) atoms. The number of alkyl halides is 4. The molecule has 3 nitrogen and oxygen atoms in total. The Hall–Kier alpha value is -0.790. The maximum absolute atomic E-state index is 12.9. The van der Waals surface area contributed by atoms with Crippen LogP contribution in [-0.2, 0) is 16.2 Å². The molecule has 1 aliphatic heterocycles. The first-order chi connectivity index (χ1) is 9.67. The molecule has 0 saturated carbocycles. The highest BCUT2D eigenvalue weighted by molar-refractivity contribution is 7.89. The highest BCUT2D eigenvalue weighted by Gasteiger charge is 2.37. The number of rotatable bonds is 3. The fourth-order valence-electron chi connectivity index (χ4n) is 2.48. The van der Waals surface area contributed by atoms with E-state index in [1.807, 2.05) is 0 Å². The lowest BCUT2D eigenvalue weighted by molar-refractivity contribution is -0.138. The lowest BCUT2D eigenvalue weighted by Gasteiger charge is -2.19. The van der Waals surface area contributed by atoms with Crippen molar-refractivity contribution in [3.8, 4) is 0 Å². The van der Waals surface area contributed by atoms with Gasteiger partial charge in [0.25, 0.3) is 0 Å². The van der Waals surface area contributed by atoms with Crippen LogP contribution in [0, 0.1) is 12.8 Å². The van der Waals surface area contributed by atoms with Crippen molar-refractivity contribution in [2.24, 2.45) is 5.92 Å². The van der Waals surface area contributed by atoms with Crippen molar-refractivity contribution in [3.05, 3.63) is 29.3 Å². The topological polar surface area (TPSA) is 37.4 Å². The standard InChI is InChI=1S/C13H15ClF3NO2S/c1-9-11(13(15,16)17)3-2-4-12(9)21(19,20)18-6-5-10(7-14)8-18/h2-4,10H,5-8H2,1H3. The van der Waals surface area contributed by atoms with Gasteiger partial charge < -0.3 is 0 Å². The van der Waals surface area contributed by atoms with Crippen LogP contribution in [-0.4, -0.2) is 31.7 Å². The SMILES string of the molecule is Cc1c(C(F)(F)F)cccc1S(=O)(=O)N1CCC(CCl)C1. The maximum Gasteiger partial charge on any atom is 0.416 e. The maximum atomic E-state index is 12.9. The lowest BCUT2D eigenvalue weighted by atomic mass is 10.1. The molecule has 0 spiro atoms. The van der Waals surface area contributed by atoms with Gasteiger partial charge in [-0.1, -0.05) is 6.07 Å². The summed E-state index contributed by atoms with van der Waals surface area (Å²) < 4.78 is 64.9. The second-order valence-electron chi connectivity index (χ2n) is 5.10. The van der Waals surface area contributed by atoms with Gasteiger partial charge in [-0.2, -0.15) is 17.5 Å². The van der Waals surface area contributed by atoms with E-state index in [1.54, 1.807) is 0 Å². The van der Waals surface area contributed by atoms with Crippen LogP contribution in [0.25, 0.3) is 0 Å². The smallest absolute Gasteiger partial charge is 0.207 e. The van der Waals surface area contributed by atoms with Gasteiger partial charge in [-0.15, -0.1) is 11.6 Å². The Morgan fingerprint density at radius 1 is 1.38 bits per heavy atom. The highest BCUT2D eigenvalue weighted by Crippen LogP contribution is 2.35. The fourth-order valence-corrected chi connectivity index (χ4v) is 4.51. The molecule has 1 atom stereocenters. The molecule has 1 aromatic carbocycles. The molecule has 1 fully saturated rings. The van der Waals surface area contributed by atoms with Gasteiger partial charge in [0.15, 0.2) is 0 Å². The van der Waals surface area contributed by atoms with Gasteiger partial charge in [-0.3, -0.25) is 0 Å². The molecule has 118 valence electrons. The minimum atomic E-state index is -4.57. The van der Waals surface area contributed by atoms with E-state index >= 15 is 0 Å². The Morgan fingerprint density at radius 3 is 2.57 bits per heavy atom. The third-order valence-corrected chi connectivity index (χ3v) is 6.12. The fraction of sp³-hybridized carbons (Fsp3) is 0.538. The Balaban J connectivity index is 2.42. The molecule has 2 rings (SSSR count). The molecule has 1 aliphatic rings. The zero-order chi connectivity index (χ0) is 15.8. The van der Waals surface area contributed by atoms with Crippen molar-refractivity contribution < 1.29 is 21.6 Å². The quantitative estimate of drug-likeness (QED) is 0.791. The summed E-state index contributed by atoms with van der Waals surface area (Å²) >= 11 is 5.72. The number of hydrogen-bond donors (Lipinski definition) is 0. The van der Waals surface area contributed by atoms with E-state index in [0.717, 1.165) is 12.1 Å².